The fourth-order valence-electron chi connectivity index (χ4n) is 2.03. The molecule has 0 saturated heterocycles. The monoisotopic (exact) mass is 270 g/mol. The van der Waals surface area contributed by atoms with Gasteiger partial charge in [0.05, 0.1) is 5.69 Å². The minimum atomic E-state index is -0.427. The van der Waals surface area contributed by atoms with Gasteiger partial charge in [-0.1, -0.05) is 18.2 Å². The third kappa shape index (κ3) is 2.91. The topological polar surface area (TPSA) is 78.3 Å². The Kier molecular flexibility index (Phi) is 3.94. The van der Waals surface area contributed by atoms with Crippen molar-refractivity contribution in [2.75, 3.05) is 5.73 Å². The van der Waals surface area contributed by atoms with Crippen molar-refractivity contribution in [2.24, 2.45) is 5.73 Å². The van der Waals surface area contributed by atoms with Gasteiger partial charge in [-0.15, -0.1) is 0 Å². The predicted molar refractivity (Wildman–Crippen MR) is 79.6 cm³/mol. The van der Waals surface area contributed by atoms with Crippen LogP contribution in [0.2, 0.25) is 0 Å². The van der Waals surface area contributed by atoms with Gasteiger partial charge in [-0.25, -0.2) is 0 Å². The standard InChI is InChI=1S/C16H18N2O2/c1-10-4-3-5-14(17)15(10)20-9-13-7-6-12(16(18)19)8-11(13)2/h3-8H,9,17H2,1-2H3,(H2,18,19). The van der Waals surface area contributed by atoms with Crippen molar-refractivity contribution in [1.82, 2.24) is 0 Å². The highest BCUT2D eigenvalue weighted by atomic mass is 16.5. The molecule has 0 aliphatic heterocycles. The molecule has 0 fully saturated rings. The number of carbonyl (C=O) groups is 1. The third-order valence-corrected chi connectivity index (χ3v) is 3.24. The molecular weight excluding hydrogens is 252 g/mol. The second-order valence-electron chi connectivity index (χ2n) is 4.79. The number of nitrogens with two attached hydrogens (primary N) is 2. The fourth-order valence-corrected chi connectivity index (χ4v) is 2.03. The summed E-state index contributed by atoms with van der Waals surface area (Å²) in [6.45, 7) is 4.28. The summed E-state index contributed by atoms with van der Waals surface area (Å²) in [6, 6.07) is 11.0. The van der Waals surface area contributed by atoms with Gasteiger partial charge in [-0.3, -0.25) is 4.79 Å². The molecule has 0 saturated carbocycles. The van der Waals surface area contributed by atoms with E-state index in [0.29, 0.717) is 23.6 Å². The Hall–Kier alpha value is -2.49. The summed E-state index contributed by atoms with van der Waals surface area (Å²) in [6.07, 6.45) is 0. The predicted octanol–water partition coefficient (Wildman–Crippen LogP) is 2.56. The van der Waals surface area contributed by atoms with Gasteiger partial charge in [-0.2, -0.15) is 0 Å². The van der Waals surface area contributed by atoms with E-state index in [-0.39, 0.29) is 0 Å². The SMILES string of the molecule is Cc1cc(C(N)=O)ccc1COc1c(C)cccc1N. The minimum Gasteiger partial charge on any atom is -0.486 e. The number of para-hydroxylation sites is 1. The van der Waals surface area contributed by atoms with Crippen LogP contribution in [0.1, 0.15) is 27.0 Å². The molecule has 0 radical (unpaired) electrons. The molecule has 2 rings (SSSR count). The molecule has 0 atom stereocenters. The Morgan fingerprint density at radius 2 is 1.90 bits per heavy atom. The Bertz CT molecular complexity index is 631. The zero-order valence-electron chi connectivity index (χ0n) is 11.6. The number of carbonyl (C=O) groups excluding carboxylic acids is 1. The van der Waals surface area contributed by atoms with Gasteiger partial charge >= 0.3 is 0 Å². The van der Waals surface area contributed by atoms with Crippen molar-refractivity contribution in [3.05, 3.63) is 58.7 Å². The summed E-state index contributed by atoms with van der Waals surface area (Å²) in [5.41, 5.74) is 15.2. The average Bonchev–Trinajstić information content (AvgIpc) is 2.39. The second-order valence-corrected chi connectivity index (χ2v) is 4.79. The molecule has 0 aliphatic carbocycles. The van der Waals surface area contributed by atoms with Crippen LogP contribution < -0.4 is 16.2 Å². The largest absolute Gasteiger partial charge is 0.486 e. The van der Waals surface area contributed by atoms with Crippen molar-refractivity contribution in [3.63, 3.8) is 0 Å². The number of nitrogen functional groups attached to an aromatic ring is 1. The summed E-state index contributed by atoms with van der Waals surface area (Å²) >= 11 is 0. The van der Waals surface area contributed by atoms with Gasteiger partial charge in [0, 0.05) is 5.56 Å². The van der Waals surface area contributed by atoms with Gasteiger partial charge in [0.25, 0.3) is 0 Å². The first-order valence-corrected chi connectivity index (χ1v) is 6.36. The summed E-state index contributed by atoms with van der Waals surface area (Å²) in [7, 11) is 0. The molecule has 0 bridgehead atoms. The number of amides is 1. The molecule has 0 aromatic heterocycles. The molecule has 1 amide bonds. The number of hydrogen-bond acceptors (Lipinski definition) is 3. The van der Waals surface area contributed by atoms with E-state index in [1.807, 2.05) is 38.1 Å². The number of aryl methyl sites for hydroxylation is 2. The zero-order valence-corrected chi connectivity index (χ0v) is 11.6. The smallest absolute Gasteiger partial charge is 0.248 e. The molecule has 4 N–H and O–H groups in total. The van der Waals surface area contributed by atoms with E-state index >= 15 is 0 Å². The first-order chi connectivity index (χ1) is 9.49. The van der Waals surface area contributed by atoms with Crippen LogP contribution in [-0.2, 0) is 6.61 Å². The van der Waals surface area contributed by atoms with Crippen LogP contribution in [0.5, 0.6) is 5.75 Å². The number of rotatable bonds is 4. The number of ether oxygens (including phenoxy) is 1. The number of benzene rings is 2. The summed E-state index contributed by atoms with van der Waals surface area (Å²) in [5.74, 6) is 0.273. The van der Waals surface area contributed by atoms with Crippen LogP contribution in [0.3, 0.4) is 0 Å². The minimum absolute atomic E-state index is 0.403. The van der Waals surface area contributed by atoms with E-state index in [0.717, 1.165) is 16.7 Å². The van der Waals surface area contributed by atoms with Crippen molar-refractivity contribution in [1.29, 1.82) is 0 Å². The molecule has 2 aromatic carbocycles. The molecule has 2 aromatic rings. The first kappa shape index (κ1) is 13.9. The van der Waals surface area contributed by atoms with Gasteiger partial charge in [0.15, 0.2) is 0 Å². The van der Waals surface area contributed by atoms with Gasteiger partial charge < -0.3 is 16.2 Å². The molecule has 104 valence electrons. The van der Waals surface area contributed by atoms with E-state index in [4.69, 9.17) is 16.2 Å². The molecule has 0 heterocycles. The Morgan fingerprint density at radius 1 is 1.15 bits per heavy atom. The zero-order chi connectivity index (χ0) is 14.7. The van der Waals surface area contributed by atoms with Crippen LogP contribution >= 0.6 is 0 Å². The van der Waals surface area contributed by atoms with E-state index in [1.165, 1.54) is 0 Å². The maximum absolute atomic E-state index is 11.1. The number of primary amides is 1. The molecule has 0 unspecified atom stereocenters. The van der Waals surface area contributed by atoms with Crippen molar-refractivity contribution in [2.45, 2.75) is 20.5 Å². The average molecular weight is 270 g/mol. The molecule has 4 nitrogen and oxygen atoms in total. The highest BCUT2D eigenvalue weighted by Gasteiger charge is 2.07. The van der Waals surface area contributed by atoms with E-state index in [9.17, 15) is 4.79 Å². The maximum Gasteiger partial charge on any atom is 0.248 e. The summed E-state index contributed by atoms with van der Waals surface area (Å²) in [4.78, 5) is 11.1. The molecule has 0 spiro atoms. The highest BCUT2D eigenvalue weighted by molar-refractivity contribution is 5.93. The highest BCUT2D eigenvalue weighted by Crippen LogP contribution is 2.26. The number of anilines is 1. The van der Waals surface area contributed by atoms with Crippen LogP contribution in [0.4, 0.5) is 5.69 Å². The van der Waals surface area contributed by atoms with Crippen LogP contribution in [0, 0.1) is 13.8 Å². The lowest BCUT2D eigenvalue weighted by atomic mass is 10.1. The molecular formula is C16H18N2O2. The summed E-state index contributed by atoms with van der Waals surface area (Å²) in [5, 5.41) is 0. The fraction of sp³-hybridized carbons (Fsp3) is 0.188. The Labute approximate surface area is 118 Å². The molecule has 0 aliphatic rings. The van der Waals surface area contributed by atoms with Crippen molar-refractivity contribution >= 4 is 11.6 Å². The van der Waals surface area contributed by atoms with Crippen molar-refractivity contribution < 1.29 is 9.53 Å². The Balaban J connectivity index is 2.17. The number of hydrogen-bond donors (Lipinski definition) is 2. The normalized spacial score (nSPS) is 10.3. The van der Waals surface area contributed by atoms with E-state index in [2.05, 4.69) is 0 Å². The van der Waals surface area contributed by atoms with E-state index < -0.39 is 5.91 Å². The summed E-state index contributed by atoms with van der Waals surface area (Å²) < 4.78 is 5.79. The lowest BCUT2D eigenvalue weighted by Crippen LogP contribution is -2.11. The molecule has 20 heavy (non-hydrogen) atoms. The van der Waals surface area contributed by atoms with Crippen LogP contribution in [-0.4, -0.2) is 5.91 Å². The molecule has 4 heteroatoms. The second kappa shape index (κ2) is 5.65. The third-order valence-electron chi connectivity index (χ3n) is 3.24. The van der Waals surface area contributed by atoms with Gasteiger partial charge in [0.2, 0.25) is 5.91 Å². The first-order valence-electron chi connectivity index (χ1n) is 6.36. The van der Waals surface area contributed by atoms with Gasteiger partial charge in [-0.05, 0) is 48.7 Å². The van der Waals surface area contributed by atoms with Crippen LogP contribution in [0.15, 0.2) is 36.4 Å². The maximum atomic E-state index is 11.1. The van der Waals surface area contributed by atoms with Gasteiger partial charge in [0.1, 0.15) is 12.4 Å². The van der Waals surface area contributed by atoms with E-state index in [1.54, 1.807) is 12.1 Å². The van der Waals surface area contributed by atoms with Crippen molar-refractivity contribution in [3.8, 4) is 5.75 Å². The van der Waals surface area contributed by atoms with Crippen LogP contribution in [0.25, 0.3) is 0 Å². The lowest BCUT2D eigenvalue weighted by Gasteiger charge is -2.13. The quantitative estimate of drug-likeness (QED) is 0.838. The lowest BCUT2D eigenvalue weighted by molar-refractivity contribution is 0.1000. The Morgan fingerprint density at radius 3 is 2.50 bits per heavy atom.